The largest absolute Gasteiger partial charge is 0.441 e. The van der Waals surface area contributed by atoms with E-state index in [1.165, 1.54) is 0 Å². The second-order valence-corrected chi connectivity index (χ2v) is 7.45. The normalized spacial score (nSPS) is 26.7. The summed E-state index contributed by atoms with van der Waals surface area (Å²) >= 11 is 1.61. The van der Waals surface area contributed by atoms with Crippen molar-refractivity contribution >= 4 is 17.2 Å². The Morgan fingerprint density at radius 1 is 1.48 bits per heavy atom. The summed E-state index contributed by atoms with van der Waals surface area (Å²) in [5.41, 5.74) is 7.87. The van der Waals surface area contributed by atoms with E-state index in [-0.39, 0.29) is 11.9 Å². The van der Waals surface area contributed by atoms with Gasteiger partial charge in [-0.3, -0.25) is 4.79 Å². The second kappa shape index (κ2) is 5.76. The third-order valence-electron chi connectivity index (χ3n) is 5.24. The van der Waals surface area contributed by atoms with Gasteiger partial charge in [0.2, 0.25) is 11.8 Å². The highest BCUT2D eigenvalue weighted by Crippen LogP contribution is 2.37. The fourth-order valence-electron chi connectivity index (χ4n) is 3.87. The lowest BCUT2D eigenvalue weighted by molar-refractivity contribution is -0.129. The van der Waals surface area contributed by atoms with Crippen molar-refractivity contribution in [3.8, 4) is 11.5 Å². The number of carbonyl (C=O) groups excluding carboxylic acids is 1. The lowest BCUT2D eigenvalue weighted by Gasteiger charge is -2.18. The predicted molar refractivity (Wildman–Crippen MR) is 89.0 cm³/mol. The average Bonchev–Trinajstić information content (AvgIpc) is 3.27. The molecule has 1 saturated carbocycles. The molecule has 5 nitrogen and oxygen atoms in total. The molecule has 1 aliphatic heterocycles. The summed E-state index contributed by atoms with van der Waals surface area (Å²) in [6.07, 6.45) is 2.57. The molecule has 2 aromatic heterocycles. The Bertz CT molecular complexity index is 710. The number of nitrogens with two attached hydrogens (primary N) is 1. The van der Waals surface area contributed by atoms with Gasteiger partial charge in [0.05, 0.1) is 12.1 Å². The Labute approximate surface area is 139 Å². The number of nitrogens with zero attached hydrogens (tertiary/aromatic N) is 2. The lowest BCUT2D eigenvalue weighted by atomic mass is 9.98. The van der Waals surface area contributed by atoms with Gasteiger partial charge < -0.3 is 15.1 Å². The highest BCUT2D eigenvalue weighted by Gasteiger charge is 2.42. The Morgan fingerprint density at radius 2 is 2.35 bits per heavy atom. The number of oxazole rings is 1. The van der Waals surface area contributed by atoms with Gasteiger partial charge in [-0.1, -0.05) is 0 Å². The van der Waals surface area contributed by atoms with Crippen molar-refractivity contribution in [1.29, 1.82) is 0 Å². The number of carbonyl (C=O) groups is 1. The van der Waals surface area contributed by atoms with E-state index in [9.17, 15) is 4.79 Å². The van der Waals surface area contributed by atoms with Crippen LogP contribution in [0.4, 0.5) is 0 Å². The molecule has 2 aliphatic rings. The maximum Gasteiger partial charge on any atom is 0.228 e. The number of fused-ring (bicyclic) bond motifs is 1. The van der Waals surface area contributed by atoms with Gasteiger partial charge in [-0.25, -0.2) is 4.98 Å². The van der Waals surface area contributed by atoms with Crippen LogP contribution in [0.5, 0.6) is 0 Å². The molecule has 2 fully saturated rings. The zero-order valence-electron chi connectivity index (χ0n) is 13.2. The van der Waals surface area contributed by atoms with Gasteiger partial charge >= 0.3 is 0 Å². The first-order valence-electron chi connectivity index (χ1n) is 8.14. The van der Waals surface area contributed by atoms with Crippen molar-refractivity contribution in [2.45, 2.75) is 32.2 Å². The highest BCUT2D eigenvalue weighted by atomic mass is 32.1. The third-order valence-corrected chi connectivity index (χ3v) is 5.93. The van der Waals surface area contributed by atoms with E-state index < -0.39 is 0 Å². The molecule has 3 atom stereocenters. The number of rotatable bonds is 3. The van der Waals surface area contributed by atoms with Crippen LogP contribution < -0.4 is 5.73 Å². The van der Waals surface area contributed by atoms with Crippen molar-refractivity contribution in [3.63, 3.8) is 0 Å². The van der Waals surface area contributed by atoms with Gasteiger partial charge in [0, 0.05) is 30.1 Å². The van der Waals surface area contributed by atoms with Gasteiger partial charge in [-0.15, -0.1) is 0 Å². The van der Waals surface area contributed by atoms with Crippen LogP contribution in [0.3, 0.4) is 0 Å². The topological polar surface area (TPSA) is 72.4 Å². The first kappa shape index (κ1) is 14.9. The Morgan fingerprint density at radius 3 is 3.09 bits per heavy atom. The minimum atomic E-state index is 0.139. The van der Waals surface area contributed by atoms with Crippen molar-refractivity contribution in [2.75, 3.05) is 13.1 Å². The SMILES string of the molecule is Cc1oc(-c2ccsc2)nc1CC(=O)N1CC2CCC(N)C2C1. The number of amides is 1. The van der Waals surface area contributed by atoms with Gasteiger partial charge in [-0.05, 0) is 43.0 Å². The minimum Gasteiger partial charge on any atom is -0.441 e. The monoisotopic (exact) mass is 331 g/mol. The standard InChI is InChI=1S/C17H21N3O2S/c1-10-15(19-17(22-10)12-4-5-23-9-12)6-16(21)20-7-11-2-3-14(18)13(11)8-20/h4-5,9,11,13-14H,2-3,6-8,18H2,1H3. The molecule has 1 amide bonds. The van der Waals surface area contributed by atoms with Crippen LogP contribution in [0.25, 0.3) is 11.5 Å². The van der Waals surface area contributed by atoms with E-state index in [0.717, 1.165) is 42.9 Å². The Kier molecular flexibility index (Phi) is 3.73. The Hall–Kier alpha value is -1.66. The highest BCUT2D eigenvalue weighted by molar-refractivity contribution is 7.08. The van der Waals surface area contributed by atoms with E-state index >= 15 is 0 Å². The molecule has 4 rings (SSSR count). The van der Waals surface area contributed by atoms with Crippen LogP contribution in [0.2, 0.25) is 0 Å². The molecule has 23 heavy (non-hydrogen) atoms. The first-order valence-corrected chi connectivity index (χ1v) is 9.08. The van der Waals surface area contributed by atoms with E-state index in [2.05, 4.69) is 4.98 Å². The van der Waals surface area contributed by atoms with Crippen LogP contribution in [-0.4, -0.2) is 34.9 Å². The maximum absolute atomic E-state index is 12.6. The molecule has 122 valence electrons. The predicted octanol–water partition coefficient (Wildman–Crippen LogP) is 2.45. The summed E-state index contributed by atoms with van der Waals surface area (Å²) < 4.78 is 5.72. The van der Waals surface area contributed by atoms with Gasteiger partial charge in [0.25, 0.3) is 0 Å². The number of hydrogen-bond acceptors (Lipinski definition) is 5. The number of aromatic nitrogens is 1. The summed E-state index contributed by atoms with van der Waals surface area (Å²) in [4.78, 5) is 19.1. The summed E-state index contributed by atoms with van der Waals surface area (Å²) in [7, 11) is 0. The molecule has 0 spiro atoms. The lowest BCUT2D eigenvalue weighted by Crippen LogP contribution is -2.34. The van der Waals surface area contributed by atoms with Crippen molar-refractivity contribution < 1.29 is 9.21 Å². The molecule has 1 aliphatic carbocycles. The molecule has 0 bridgehead atoms. The van der Waals surface area contributed by atoms with Crippen LogP contribution in [0.15, 0.2) is 21.2 Å². The van der Waals surface area contributed by atoms with Crippen LogP contribution in [0.1, 0.15) is 24.3 Å². The second-order valence-electron chi connectivity index (χ2n) is 6.67. The van der Waals surface area contributed by atoms with E-state index in [1.807, 2.05) is 28.7 Å². The first-order chi connectivity index (χ1) is 11.1. The van der Waals surface area contributed by atoms with Crippen molar-refractivity contribution in [1.82, 2.24) is 9.88 Å². The molecule has 0 aromatic carbocycles. The van der Waals surface area contributed by atoms with E-state index in [1.54, 1.807) is 11.3 Å². The molecule has 2 N–H and O–H groups in total. The van der Waals surface area contributed by atoms with Crippen LogP contribution >= 0.6 is 11.3 Å². The number of hydrogen-bond donors (Lipinski definition) is 1. The summed E-state index contributed by atoms with van der Waals surface area (Å²) in [6, 6.07) is 2.24. The molecule has 3 heterocycles. The minimum absolute atomic E-state index is 0.139. The fourth-order valence-corrected chi connectivity index (χ4v) is 4.50. The summed E-state index contributed by atoms with van der Waals surface area (Å²) in [6.45, 7) is 3.53. The molecule has 2 aromatic rings. The molecular weight excluding hydrogens is 310 g/mol. The van der Waals surface area contributed by atoms with Crippen molar-refractivity contribution in [3.05, 3.63) is 28.3 Å². The van der Waals surface area contributed by atoms with Crippen LogP contribution in [-0.2, 0) is 11.2 Å². The molecule has 0 radical (unpaired) electrons. The summed E-state index contributed by atoms with van der Waals surface area (Å²) in [5, 5.41) is 3.99. The van der Waals surface area contributed by atoms with E-state index in [4.69, 9.17) is 10.2 Å². The third kappa shape index (κ3) is 2.70. The van der Waals surface area contributed by atoms with Crippen molar-refractivity contribution in [2.24, 2.45) is 17.6 Å². The van der Waals surface area contributed by atoms with Gasteiger partial charge in [0.15, 0.2) is 0 Å². The fraction of sp³-hybridized carbons (Fsp3) is 0.529. The number of thiophene rings is 1. The smallest absolute Gasteiger partial charge is 0.228 e. The van der Waals surface area contributed by atoms with Gasteiger partial charge in [0.1, 0.15) is 5.76 Å². The summed E-state index contributed by atoms with van der Waals surface area (Å²) in [5.74, 6) is 2.55. The number of likely N-dealkylation sites (tertiary alicyclic amines) is 1. The van der Waals surface area contributed by atoms with Crippen LogP contribution in [0, 0.1) is 18.8 Å². The Balaban J connectivity index is 1.45. The average molecular weight is 331 g/mol. The molecular formula is C17H21N3O2S. The molecule has 1 saturated heterocycles. The van der Waals surface area contributed by atoms with Gasteiger partial charge in [-0.2, -0.15) is 11.3 Å². The maximum atomic E-state index is 12.6. The zero-order valence-corrected chi connectivity index (χ0v) is 14.0. The molecule has 6 heteroatoms. The molecule has 3 unspecified atom stereocenters. The quantitative estimate of drug-likeness (QED) is 0.938. The number of aryl methyl sites for hydroxylation is 1. The zero-order chi connectivity index (χ0) is 16.0. The van der Waals surface area contributed by atoms with E-state index in [0.29, 0.717) is 24.1 Å².